The summed E-state index contributed by atoms with van der Waals surface area (Å²) in [7, 11) is 1.59. The lowest BCUT2D eigenvalue weighted by Gasteiger charge is -2.10. The summed E-state index contributed by atoms with van der Waals surface area (Å²) in [5.74, 6) is 0.477. The van der Waals surface area contributed by atoms with Crippen molar-refractivity contribution in [3.05, 3.63) is 59.1 Å². The number of anilines is 1. The van der Waals surface area contributed by atoms with Gasteiger partial charge in [-0.3, -0.25) is 4.79 Å². The Morgan fingerprint density at radius 1 is 1.26 bits per heavy atom. The first-order chi connectivity index (χ1) is 11.2. The standard InChI is InChI=1S/C17H15ClN2O3/c1-22-12-8-6-11(7-9-12)19-17(21)16-10-15(20-23-16)13-4-2-3-5-14(13)18/h2-9,16H,10H2,1H3,(H,19,21)/t16-/m0/s1. The molecule has 0 saturated heterocycles. The van der Waals surface area contributed by atoms with Gasteiger partial charge >= 0.3 is 0 Å². The molecule has 1 N–H and O–H groups in total. The number of hydrogen-bond donors (Lipinski definition) is 1. The first-order valence-corrected chi connectivity index (χ1v) is 7.47. The summed E-state index contributed by atoms with van der Waals surface area (Å²) in [6, 6.07) is 14.4. The lowest BCUT2D eigenvalue weighted by Crippen LogP contribution is -2.28. The van der Waals surface area contributed by atoms with Gasteiger partial charge in [0, 0.05) is 22.7 Å². The molecule has 1 amide bonds. The molecule has 6 heteroatoms. The molecule has 0 saturated carbocycles. The van der Waals surface area contributed by atoms with E-state index in [-0.39, 0.29) is 5.91 Å². The molecule has 2 aromatic rings. The van der Waals surface area contributed by atoms with Gasteiger partial charge in [0.25, 0.3) is 5.91 Å². The van der Waals surface area contributed by atoms with Crippen LogP contribution in [0.15, 0.2) is 53.7 Å². The predicted molar refractivity (Wildman–Crippen MR) is 89.1 cm³/mol. The number of nitrogens with zero attached hydrogens (tertiary/aromatic N) is 1. The van der Waals surface area contributed by atoms with E-state index in [1.54, 1.807) is 37.4 Å². The highest BCUT2D eigenvalue weighted by molar-refractivity contribution is 6.34. The molecule has 1 heterocycles. The van der Waals surface area contributed by atoms with Gasteiger partial charge in [-0.25, -0.2) is 0 Å². The maximum Gasteiger partial charge on any atom is 0.268 e. The third kappa shape index (κ3) is 3.46. The van der Waals surface area contributed by atoms with Crippen LogP contribution in [0.4, 0.5) is 5.69 Å². The van der Waals surface area contributed by atoms with Crippen LogP contribution in [0.5, 0.6) is 5.75 Å². The second-order valence-corrected chi connectivity index (χ2v) is 5.44. The van der Waals surface area contributed by atoms with Gasteiger partial charge in [-0.1, -0.05) is 35.0 Å². The van der Waals surface area contributed by atoms with Crippen LogP contribution >= 0.6 is 11.6 Å². The summed E-state index contributed by atoms with van der Waals surface area (Å²) in [6.07, 6.45) is -0.283. The Morgan fingerprint density at radius 2 is 2.00 bits per heavy atom. The van der Waals surface area contributed by atoms with Crippen LogP contribution in [0.25, 0.3) is 0 Å². The molecular formula is C17H15ClN2O3. The number of carbonyl (C=O) groups is 1. The quantitative estimate of drug-likeness (QED) is 0.933. The van der Waals surface area contributed by atoms with Crippen molar-refractivity contribution in [1.29, 1.82) is 0 Å². The molecule has 1 aliphatic rings. The number of amides is 1. The third-order valence-electron chi connectivity index (χ3n) is 3.50. The van der Waals surface area contributed by atoms with Gasteiger partial charge in [0.15, 0.2) is 0 Å². The molecular weight excluding hydrogens is 316 g/mol. The van der Waals surface area contributed by atoms with E-state index in [9.17, 15) is 4.79 Å². The van der Waals surface area contributed by atoms with E-state index in [0.29, 0.717) is 22.8 Å². The van der Waals surface area contributed by atoms with Crippen molar-refractivity contribution < 1.29 is 14.4 Å². The molecule has 0 fully saturated rings. The maximum absolute atomic E-state index is 12.3. The van der Waals surface area contributed by atoms with E-state index in [1.807, 2.05) is 18.2 Å². The normalized spacial score (nSPS) is 16.4. The predicted octanol–water partition coefficient (Wildman–Crippen LogP) is 3.48. The van der Waals surface area contributed by atoms with Crippen molar-refractivity contribution in [2.75, 3.05) is 12.4 Å². The third-order valence-corrected chi connectivity index (χ3v) is 3.83. The Morgan fingerprint density at radius 3 is 2.70 bits per heavy atom. The van der Waals surface area contributed by atoms with Gasteiger partial charge in [0.1, 0.15) is 5.75 Å². The minimum atomic E-state index is -0.664. The summed E-state index contributed by atoms with van der Waals surface area (Å²) in [6.45, 7) is 0. The average molecular weight is 331 g/mol. The van der Waals surface area contributed by atoms with Gasteiger partial charge in [0.05, 0.1) is 12.8 Å². The zero-order chi connectivity index (χ0) is 16.2. The smallest absolute Gasteiger partial charge is 0.268 e. The molecule has 0 unspecified atom stereocenters. The van der Waals surface area contributed by atoms with Gasteiger partial charge in [-0.2, -0.15) is 0 Å². The van der Waals surface area contributed by atoms with Crippen LogP contribution in [-0.4, -0.2) is 24.8 Å². The van der Waals surface area contributed by atoms with Crippen molar-refractivity contribution >= 4 is 28.9 Å². The van der Waals surface area contributed by atoms with Crippen LogP contribution in [0.3, 0.4) is 0 Å². The Hall–Kier alpha value is -2.53. The number of hydrogen-bond acceptors (Lipinski definition) is 4. The second kappa shape index (κ2) is 6.71. The fourth-order valence-corrected chi connectivity index (χ4v) is 2.51. The zero-order valence-electron chi connectivity index (χ0n) is 12.5. The molecule has 5 nitrogen and oxygen atoms in total. The SMILES string of the molecule is COc1ccc(NC(=O)[C@@H]2CC(c3ccccc3Cl)=NO2)cc1. The van der Waals surface area contributed by atoms with Crippen molar-refractivity contribution in [3.8, 4) is 5.75 Å². The second-order valence-electron chi connectivity index (χ2n) is 5.03. The first kappa shape index (κ1) is 15.4. The number of nitrogens with one attached hydrogen (secondary N) is 1. The van der Waals surface area contributed by atoms with E-state index in [4.69, 9.17) is 21.2 Å². The molecule has 0 bridgehead atoms. The number of oxime groups is 1. The topological polar surface area (TPSA) is 59.9 Å². The van der Waals surface area contributed by atoms with Crippen molar-refractivity contribution in [1.82, 2.24) is 0 Å². The summed E-state index contributed by atoms with van der Waals surface area (Å²) < 4.78 is 5.08. The molecule has 3 rings (SSSR count). The van der Waals surface area contributed by atoms with Gasteiger partial charge in [0.2, 0.25) is 6.10 Å². The lowest BCUT2D eigenvalue weighted by molar-refractivity contribution is -0.125. The highest BCUT2D eigenvalue weighted by Gasteiger charge is 2.29. The van der Waals surface area contributed by atoms with E-state index in [2.05, 4.69) is 10.5 Å². The van der Waals surface area contributed by atoms with E-state index in [0.717, 1.165) is 11.3 Å². The summed E-state index contributed by atoms with van der Waals surface area (Å²) >= 11 is 6.14. The minimum absolute atomic E-state index is 0.249. The average Bonchev–Trinajstić information content (AvgIpc) is 3.06. The maximum atomic E-state index is 12.3. The zero-order valence-corrected chi connectivity index (χ0v) is 13.2. The fraction of sp³-hybridized carbons (Fsp3) is 0.176. The van der Waals surface area contributed by atoms with Gasteiger partial charge < -0.3 is 14.9 Å². The highest BCUT2D eigenvalue weighted by Crippen LogP contribution is 2.24. The van der Waals surface area contributed by atoms with E-state index >= 15 is 0 Å². The number of halogens is 1. The molecule has 0 aliphatic carbocycles. The Labute approximate surface area is 138 Å². The van der Waals surface area contributed by atoms with Crippen molar-refractivity contribution in [3.63, 3.8) is 0 Å². The number of carbonyl (C=O) groups excluding carboxylic acids is 1. The van der Waals surface area contributed by atoms with Crippen LogP contribution in [0.2, 0.25) is 5.02 Å². The Balaban J connectivity index is 1.63. The Kier molecular flexibility index (Phi) is 4.48. The van der Waals surface area contributed by atoms with Crippen LogP contribution in [0.1, 0.15) is 12.0 Å². The summed E-state index contributed by atoms with van der Waals surface area (Å²) in [5.41, 5.74) is 2.13. The number of ether oxygens (including phenoxy) is 1. The number of rotatable bonds is 4. The van der Waals surface area contributed by atoms with E-state index < -0.39 is 6.10 Å². The molecule has 0 radical (unpaired) electrons. The van der Waals surface area contributed by atoms with Gasteiger partial charge in [-0.15, -0.1) is 0 Å². The fourth-order valence-electron chi connectivity index (χ4n) is 2.27. The first-order valence-electron chi connectivity index (χ1n) is 7.10. The number of benzene rings is 2. The largest absolute Gasteiger partial charge is 0.497 e. The molecule has 118 valence electrons. The molecule has 0 aromatic heterocycles. The highest BCUT2D eigenvalue weighted by atomic mass is 35.5. The van der Waals surface area contributed by atoms with Crippen molar-refractivity contribution in [2.24, 2.45) is 5.16 Å². The van der Waals surface area contributed by atoms with Crippen LogP contribution in [-0.2, 0) is 9.63 Å². The van der Waals surface area contributed by atoms with Gasteiger partial charge in [-0.05, 0) is 30.3 Å². The molecule has 23 heavy (non-hydrogen) atoms. The summed E-state index contributed by atoms with van der Waals surface area (Å²) in [5, 5.41) is 7.37. The molecule has 1 atom stereocenters. The minimum Gasteiger partial charge on any atom is -0.497 e. The molecule has 0 spiro atoms. The molecule has 1 aliphatic heterocycles. The monoisotopic (exact) mass is 330 g/mol. The van der Waals surface area contributed by atoms with E-state index in [1.165, 1.54) is 0 Å². The lowest BCUT2D eigenvalue weighted by atomic mass is 10.0. The Bertz CT molecular complexity index is 744. The molecule has 2 aromatic carbocycles. The van der Waals surface area contributed by atoms with Crippen LogP contribution in [0, 0.1) is 0 Å². The summed E-state index contributed by atoms with van der Waals surface area (Å²) in [4.78, 5) is 17.5. The van der Waals surface area contributed by atoms with Crippen LogP contribution < -0.4 is 10.1 Å². The van der Waals surface area contributed by atoms with Crippen molar-refractivity contribution in [2.45, 2.75) is 12.5 Å². The number of methoxy groups -OCH3 is 1.